The van der Waals surface area contributed by atoms with Crippen LogP contribution in [-0.2, 0) is 0 Å². The van der Waals surface area contributed by atoms with Gasteiger partial charge in [0.05, 0.1) is 13.7 Å². The third kappa shape index (κ3) is 3.01. The normalized spacial score (nSPS) is 10.6. The van der Waals surface area contributed by atoms with Crippen LogP contribution in [0.15, 0.2) is 57.7 Å². The summed E-state index contributed by atoms with van der Waals surface area (Å²) in [7, 11) is 1.53. The Morgan fingerprint density at radius 1 is 1.04 bits per heavy atom. The van der Waals surface area contributed by atoms with E-state index in [0.717, 1.165) is 0 Å². The maximum absolute atomic E-state index is 12.6. The number of fused-ring (bicyclic) bond motifs is 1. The molecule has 0 spiro atoms. The number of methoxy groups -OCH3 is 1. The molecule has 0 saturated carbocycles. The molecule has 122 valence electrons. The van der Waals surface area contributed by atoms with E-state index in [2.05, 4.69) is 0 Å². The molecule has 0 fully saturated rings. The molecule has 0 amide bonds. The molecule has 0 aliphatic carbocycles. The van der Waals surface area contributed by atoms with Crippen molar-refractivity contribution in [2.45, 2.75) is 6.92 Å². The number of ketones is 1. The Labute approximate surface area is 138 Å². The van der Waals surface area contributed by atoms with Crippen molar-refractivity contribution in [2.75, 3.05) is 13.7 Å². The standard InChI is InChI=1S/C19H16O5/c1-3-23-14-7-4-12(5-8-14)18(20)16-10-13-6-9-15(22-2)11-17(13)24-19(16)21/h4-11H,3H2,1-2H3. The van der Waals surface area contributed by atoms with E-state index in [1.54, 1.807) is 48.5 Å². The molecular formula is C19H16O5. The summed E-state index contributed by atoms with van der Waals surface area (Å²) in [6.07, 6.45) is 0. The van der Waals surface area contributed by atoms with E-state index < -0.39 is 5.63 Å². The topological polar surface area (TPSA) is 65.7 Å². The van der Waals surface area contributed by atoms with Gasteiger partial charge in [0, 0.05) is 17.0 Å². The van der Waals surface area contributed by atoms with E-state index in [1.165, 1.54) is 7.11 Å². The molecule has 1 aromatic heterocycles. The zero-order valence-electron chi connectivity index (χ0n) is 13.4. The molecule has 0 aliphatic rings. The van der Waals surface area contributed by atoms with Crippen LogP contribution in [0.4, 0.5) is 0 Å². The van der Waals surface area contributed by atoms with Crippen molar-refractivity contribution in [3.05, 3.63) is 70.1 Å². The van der Waals surface area contributed by atoms with Crippen molar-refractivity contribution < 1.29 is 18.7 Å². The summed E-state index contributed by atoms with van der Waals surface area (Å²) >= 11 is 0. The molecule has 5 nitrogen and oxygen atoms in total. The van der Waals surface area contributed by atoms with Crippen molar-refractivity contribution in [3.63, 3.8) is 0 Å². The number of rotatable bonds is 5. The van der Waals surface area contributed by atoms with Crippen LogP contribution in [0.2, 0.25) is 0 Å². The fourth-order valence-corrected chi connectivity index (χ4v) is 2.40. The number of hydrogen-bond acceptors (Lipinski definition) is 5. The Bertz CT molecular complexity index is 938. The molecule has 0 aliphatic heterocycles. The third-order valence-corrected chi connectivity index (χ3v) is 3.62. The van der Waals surface area contributed by atoms with Crippen LogP contribution in [0.25, 0.3) is 11.0 Å². The number of ether oxygens (including phenoxy) is 2. The molecule has 2 aromatic carbocycles. The lowest BCUT2D eigenvalue weighted by Gasteiger charge is -2.05. The van der Waals surface area contributed by atoms with Gasteiger partial charge in [-0.1, -0.05) is 0 Å². The van der Waals surface area contributed by atoms with Gasteiger partial charge in [0.1, 0.15) is 22.6 Å². The highest BCUT2D eigenvalue weighted by atomic mass is 16.5. The summed E-state index contributed by atoms with van der Waals surface area (Å²) in [5.41, 5.74) is 0.104. The van der Waals surface area contributed by atoms with Gasteiger partial charge in [0.2, 0.25) is 0 Å². The van der Waals surface area contributed by atoms with E-state index in [0.29, 0.717) is 34.6 Å². The average Bonchev–Trinajstić information content (AvgIpc) is 2.61. The molecule has 1 heterocycles. The second kappa shape index (κ2) is 6.58. The summed E-state index contributed by atoms with van der Waals surface area (Å²) < 4.78 is 15.7. The number of benzene rings is 2. The highest BCUT2D eigenvalue weighted by Gasteiger charge is 2.16. The Morgan fingerprint density at radius 3 is 2.42 bits per heavy atom. The summed E-state index contributed by atoms with van der Waals surface area (Å²) in [5.74, 6) is 0.868. The Hall–Kier alpha value is -3.08. The van der Waals surface area contributed by atoms with Crippen LogP contribution in [0, 0.1) is 0 Å². The first-order valence-corrected chi connectivity index (χ1v) is 7.52. The lowest BCUT2D eigenvalue weighted by atomic mass is 10.0. The van der Waals surface area contributed by atoms with E-state index in [-0.39, 0.29) is 11.3 Å². The third-order valence-electron chi connectivity index (χ3n) is 3.62. The number of carbonyl (C=O) groups excluding carboxylic acids is 1. The lowest BCUT2D eigenvalue weighted by molar-refractivity contribution is 0.103. The second-order valence-corrected chi connectivity index (χ2v) is 5.14. The van der Waals surface area contributed by atoms with Gasteiger partial charge in [-0.15, -0.1) is 0 Å². The minimum atomic E-state index is -0.672. The van der Waals surface area contributed by atoms with Crippen LogP contribution in [0.3, 0.4) is 0 Å². The molecule has 3 aromatic rings. The van der Waals surface area contributed by atoms with Crippen LogP contribution >= 0.6 is 0 Å². The molecule has 0 unspecified atom stereocenters. The van der Waals surface area contributed by atoms with Crippen LogP contribution in [0.1, 0.15) is 22.8 Å². The molecule has 0 radical (unpaired) electrons. The first-order valence-electron chi connectivity index (χ1n) is 7.52. The van der Waals surface area contributed by atoms with Crippen molar-refractivity contribution in [1.82, 2.24) is 0 Å². The first kappa shape index (κ1) is 15.8. The quantitative estimate of drug-likeness (QED) is 0.531. The maximum atomic E-state index is 12.6. The van der Waals surface area contributed by atoms with Gasteiger partial charge < -0.3 is 13.9 Å². The number of carbonyl (C=O) groups is 1. The highest BCUT2D eigenvalue weighted by Crippen LogP contribution is 2.21. The Kier molecular flexibility index (Phi) is 4.33. The molecule has 24 heavy (non-hydrogen) atoms. The van der Waals surface area contributed by atoms with Crippen LogP contribution < -0.4 is 15.1 Å². The van der Waals surface area contributed by atoms with Gasteiger partial charge in [0.25, 0.3) is 0 Å². The van der Waals surface area contributed by atoms with Crippen LogP contribution in [0.5, 0.6) is 11.5 Å². The zero-order valence-corrected chi connectivity index (χ0v) is 13.4. The van der Waals surface area contributed by atoms with Gasteiger partial charge in [0.15, 0.2) is 5.78 Å². The fourth-order valence-electron chi connectivity index (χ4n) is 2.40. The fraction of sp³-hybridized carbons (Fsp3) is 0.158. The monoisotopic (exact) mass is 324 g/mol. The van der Waals surface area contributed by atoms with Crippen LogP contribution in [-0.4, -0.2) is 19.5 Å². The minimum absolute atomic E-state index is 0.00294. The van der Waals surface area contributed by atoms with E-state index in [1.807, 2.05) is 6.92 Å². The van der Waals surface area contributed by atoms with Gasteiger partial charge in [-0.05, 0) is 49.4 Å². The van der Waals surface area contributed by atoms with E-state index in [9.17, 15) is 9.59 Å². The zero-order chi connectivity index (χ0) is 17.1. The molecule has 5 heteroatoms. The molecule has 0 atom stereocenters. The van der Waals surface area contributed by atoms with Gasteiger partial charge in [-0.2, -0.15) is 0 Å². The largest absolute Gasteiger partial charge is 0.497 e. The van der Waals surface area contributed by atoms with Crippen molar-refractivity contribution in [2.24, 2.45) is 0 Å². The number of hydrogen-bond donors (Lipinski definition) is 0. The van der Waals surface area contributed by atoms with Crippen molar-refractivity contribution in [3.8, 4) is 11.5 Å². The molecule has 3 rings (SSSR count). The van der Waals surface area contributed by atoms with Crippen molar-refractivity contribution >= 4 is 16.8 Å². The molecular weight excluding hydrogens is 308 g/mol. The van der Waals surface area contributed by atoms with Gasteiger partial charge in [-0.3, -0.25) is 4.79 Å². The smallest absolute Gasteiger partial charge is 0.347 e. The molecule has 0 saturated heterocycles. The molecule has 0 bridgehead atoms. The van der Waals surface area contributed by atoms with Gasteiger partial charge in [-0.25, -0.2) is 4.79 Å². The van der Waals surface area contributed by atoms with Gasteiger partial charge >= 0.3 is 5.63 Å². The summed E-state index contributed by atoms with van der Waals surface area (Å²) in [5, 5.41) is 0.657. The minimum Gasteiger partial charge on any atom is -0.497 e. The van der Waals surface area contributed by atoms with E-state index in [4.69, 9.17) is 13.9 Å². The Morgan fingerprint density at radius 2 is 1.75 bits per heavy atom. The molecule has 0 N–H and O–H groups in total. The highest BCUT2D eigenvalue weighted by molar-refractivity contribution is 6.09. The first-order chi connectivity index (χ1) is 11.6. The summed E-state index contributed by atoms with van der Waals surface area (Å²) in [6, 6.07) is 13.3. The predicted molar refractivity (Wildman–Crippen MR) is 90.1 cm³/mol. The predicted octanol–water partition coefficient (Wildman–Crippen LogP) is 3.43. The summed E-state index contributed by atoms with van der Waals surface area (Å²) in [6.45, 7) is 2.43. The SMILES string of the molecule is CCOc1ccc(C(=O)c2cc3ccc(OC)cc3oc2=O)cc1. The maximum Gasteiger partial charge on any atom is 0.347 e. The summed E-state index contributed by atoms with van der Waals surface area (Å²) in [4.78, 5) is 24.7. The Balaban J connectivity index is 2.00. The lowest BCUT2D eigenvalue weighted by Crippen LogP contribution is -2.14. The average molecular weight is 324 g/mol. The van der Waals surface area contributed by atoms with Crippen molar-refractivity contribution in [1.29, 1.82) is 0 Å². The van der Waals surface area contributed by atoms with E-state index >= 15 is 0 Å². The second-order valence-electron chi connectivity index (χ2n) is 5.14.